The fourth-order valence-corrected chi connectivity index (χ4v) is 3.56. The molecule has 2 saturated heterocycles. The van der Waals surface area contributed by atoms with Crippen LogP contribution < -0.4 is 0 Å². The molecule has 0 aromatic carbocycles. The van der Waals surface area contributed by atoms with Gasteiger partial charge in [-0.15, -0.1) is 0 Å². The lowest BCUT2D eigenvalue weighted by atomic mass is 9.90. The van der Waals surface area contributed by atoms with E-state index >= 15 is 0 Å². The van der Waals surface area contributed by atoms with E-state index in [0.29, 0.717) is 12.1 Å². The maximum absolute atomic E-state index is 11.1. The summed E-state index contributed by atoms with van der Waals surface area (Å²) in [5.74, 6) is -0.646. The lowest BCUT2D eigenvalue weighted by Crippen LogP contribution is -2.45. The predicted octanol–water partition coefficient (Wildman–Crippen LogP) is 2.89. The van der Waals surface area contributed by atoms with Crippen molar-refractivity contribution < 1.29 is 9.90 Å². The molecule has 2 rings (SSSR count). The number of carboxylic acids is 1. The second-order valence-electron chi connectivity index (χ2n) is 5.69. The molecule has 2 aliphatic rings. The lowest BCUT2D eigenvalue weighted by Gasteiger charge is -2.37. The zero-order valence-electron chi connectivity index (χ0n) is 10.9. The van der Waals surface area contributed by atoms with E-state index in [9.17, 15) is 4.79 Å². The largest absolute Gasteiger partial charge is 0.481 e. The maximum Gasteiger partial charge on any atom is 0.306 e. The Morgan fingerprint density at radius 3 is 2.35 bits per heavy atom. The van der Waals surface area contributed by atoms with Crippen LogP contribution in [0.15, 0.2) is 0 Å². The van der Waals surface area contributed by atoms with E-state index in [2.05, 4.69) is 11.8 Å². The second-order valence-corrected chi connectivity index (χ2v) is 5.69. The topological polar surface area (TPSA) is 40.5 Å². The molecule has 2 fully saturated rings. The number of nitrogens with zero attached hydrogens (tertiary/aromatic N) is 1. The molecule has 0 aliphatic carbocycles. The first kappa shape index (κ1) is 12.9. The van der Waals surface area contributed by atoms with Crippen LogP contribution in [0.3, 0.4) is 0 Å². The minimum Gasteiger partial charge on any atom is -0.481 e. The number of carboxylic acid groups (broad SMARTS) is 1. The van der Waals surface area contributed by atoms with E-state index < -0.39 is 5.97 Å². The molecule has 2 heterocycles. The molecule has 0 aromatic rings. The third-order valence-corrected chi connectivity index (χ3v) is 4.50. The van der Waals surface area contributed by atoms with Crippen LogP contribution in [0.25, 0.3) is 0 Å². The van der Waals surface area contributed by atoms with Gasteiger partial charge in [0.15, 0.2) is 0 Å². The predicted molar refractivity (Wildman–Crippen MR) is 68.0 cm³/mol. The van der Waals surface area contributed by atoms with Gasteiger partial charge in [-0.2, -0.15) is 0 Å². The summed E-state index contributed by atoms with van der Waals surface area (Å²) in [6.45, 7) is 3.43. The first-order chi connectivity index (χ1) is 8.22. The standard InChI is InChI=1S/C14H25NO2/c1-2-3-4-5-8-15-12-6-7-13(15)10-11(9-12)14(16)17/h11-13H,2-10H2,1H3,(H,16,17). The Hall–Kier alpha value is -0.570. The molecule has 98 valence electrons. The molecular formula is C14H25NO2. The fraction of sp³-hybridized carbons (Fsp3) is 0.929. The first-order valence-electron chi connectivity index (χ1n) is 7.21. The van der Waals surface area contributed by atoms with Crippen LogP contribution in [-0.2, 0) is 4.79 Å². The van der Waals surface area contributed by atoms with E-state index in [1.54, 1.807) is 0 Å². The third-order valence-electron chi connectivity index (χ3n) is 4.50. The van der Waals surface area contributed by atoms with Gasteiger partial charge in [0.2, 0.25) is 0 Å². The number of carbonyl (C=O) groups is 1. The molecule has 1 N–H and O–H groups in total. The van der Waals surface area contributed by atoms with Crippen LogP contribution in [0.5, 0.6) is 0 Å². The number of hydrogen-bond acceptors (Lipinski definition) is 2. The molecule has 2 unspecified atom stereocenters. The number of fused-ring (bicyclic) bond motifs is 2. The minimum absolute atomic E-state index is 0.0700. The van der Waals surface area contributed by atoms with Gasteiger partial charge in [0.05, 0.1) is 5.92 Å². The van der Waals surface area contributed by atoms with Crippen molar-refractivity contribution in [3.8, 4) is 0 Å². The van der Waals surface area contributed by atoms with Crippen molar-refractivity contribution in [2.24, 2.45) is 5.92 Å². The van der Waals surface area contributed by atoms with Gasteiger partial charge in [-0.1, -0.05) is 26.2 Å². The molecule has 2 aliphatic heterocycles. The van der Waals surface area contributed by atoms with E-state index in [-0.39, 0.29) is 5.92 Å². The van der Waals surface area contributed by atoms with E-state index in [0.717, 1.165) is 12.8 Å². The highest BCUT2D eigenvalue weighted by Crippen LogP contribution is 2.38. The summed E-state index contributed by atoms with van der Waals surface area (Å²) < 4.78 is 0. The summed E-state index contributed by atoms with van der Waals surface area (Å²) in [6.07, 6.45) is 9.46. The average Bonchev–Trinajstić information content (AvgIpc) is 2.55. The molecular weight excluding hydrogens is 214 g/mol. The Balaban J connectivity index is 1.80. The van der Waals surface area contributed by atoms with Gasteiger partial charge in [-0.3, -0.25) is 9.69 Å². The van der Waals surface area contributed by atoms with Crippen molar-refractivity contribution in [2.75, 3.05) is 6.54 Å². The average molecular weight is 239 g/mol. The van der Waals surface area contributed by atoms with Crippen molar-refractivity contribution in [3.05, 3.63) is 0 Å². The Bertz CT molecular complexity index is 253. The van der Waals surface area contributed by atoms with Gasteiger partial charge >= 0.3 is 5.97 Å². The fourth-order valence-electron chi connectivity index (χ4n) is 3.56. The van der Waals surface area contributed by atoms with Crippen LogP contribution >= 0.6 is 0 Å². The molecule has 0 amide bonds. The summed E-state index contributed by atoms with van der Waals surface area (Å²) >= 11 is 0. The van der Waals surface area contributed by atoms with Crippen LogP contribution in [-0.4, -0.2) is 34.6 Å². The van der Waals surface area contributed by atoms with Crippen LogP contribution in [0.1, 0.15) is 58.3 Å². The third kappa shape index (κ3) is 3.01. The molecule has 17 heavy (non-hydrogen) atoms. The quantitative estimate of drug-likeness (QED) is 0.725. The Labute approximate surface area is 104 Å². The van der Waals surface area contributed by atoms with Gasteiger partial charge in [0, 0.05) is 12.1 Å². The van der Waals surface area contributed by atoms with E-state index in [1.165, 1.54) is 45.1 Å². The van der Waals surface area contributed by atoms with Crippen molar-refractivity contribution in [3.63, 3.8) is 0 Å². The smallest absolute Gasteiger partial charge is 0.306 e. The molecule has 3 nitrogen and oxygen atoms in total. The van der Waals surface area contributed by atoms with Gasteiger partial charge in [0.25, 0.3) is 0 Å². The summed E-state index contributed by atoms with van der Waals surface area (Å²) in [7, 11) is 0. The zero-order chi connectivity index (χ0) is 12.3. The van der Waals surface area contributed by atoms with E-state index in [1.807, 2.05) is 0 Å². The minimum atomic E-state index is -0.576. The van der Waals surface area contributed by atoms with Gasteiger partial charge < -0.3 is 5.11 Å². The van der Waals surface area contributed by atoms with Crippen LogP contribution in [0.2, 0.25) is 0 Å². The van der Waals surface area contributed by atoms with Crippen LogP contribution in [0, 0.1) is 5.92 Å². The molecule has 2 bridgehead atoms. The Morgan fingerprint density at radius 2 is 1.82 bits per heavy atom. The molecule has 0 aromatic heterocycles. The van der Waals surface area contributed by atoms with Crippen LogP contribution in [0.4, 0.5) is 0 Å². The zero-order valence-corrected chi connectivity index (χ0v) is 10.9. The van der Waals surface area contributed by atoms with Crippen molar-refractivity contribution in [2.45, 2.75) is 70.4 Å². The van der Waals surface area contributed by atoms with Crippen molar-refractivity contribution in [1.29, 1.82) is 0 Å². The molecule has 0 radical (unpaired) electrons. The molecule has 2 atom stereocenters. The number of unbranched alkanes of at least 4 members (excludes halogenated alkanes) is 3. The number of rotatable bonds is 6. The highest BCUT2D eigenvalue weighted by molar-refractivity contribution is 5.70. The normalized spacial score (nSPS) is 32.9. The molecule has 0 spiro atoms. The van der Waals surface area contributed by atoms with Gasteiger partial charge in [-0.05, 0) is 38.6 Å². The van der Waals surface area contributed by atoms with E-state index in [4.69, 9.17) is 5.11 Å². The van der Waals surface area contributed by atoms with Crippen molar-refractivity contribution >= 4 is 5.97 Å². The second kappa shape index (κ2) is 5.85. The highest BCUT2D eigenvalue weighted by atomic mass is 16.4. The lowest BCUT2D eigenvalue weighted by molar-refractivity contribution is -0.144. The summed E-state index contributed by atoms with van der Waals surface area (Å²) in [6, 6.07) is 1.13. The monoisotopic (exact) mass is 239 g/mol. The molecule has 0 saturated carbocycles. The van der Waals surface area contributed by atoms with Gasteiger partial charge in [0.1, 0.15) is 0 Å². The SMILES string of the molecule is CCCCCCN1C2CCC1CC(C(=O)O)C2. The Morgan fingerprint density at radius 1 is 1.18 bits per heavy atom. The summed E-state index contributed by atoms with van der Waals surface area (Å²) in [4.78, 5) is 13.7. The number of aliphatic carboxylic acids is 1. The number of hydrogen-bond donors (Lipinski definition) is 1. The van der Waals surface area contributed by atoms with Crippen molar-refractivity contribution in [1.82, 2.24) is 4.90 Å². The van der Waals surface area contributed by atoms with Gasteiger partial charge in [-0.25, -0.2) is 0 Å². The summed E-state index contributed by atoms with van der Waals surface area (Å²) in [5.41, 5.74) is 0. The summed E-state index contributed by atoms with van der Waals surface area (Å²) in [5, 5.41) is 9.12. The Kier molecular flexibility index (Phi) is 4.43. The highest BCUT2D eigenvalue weighted by Gasteiger charge is 2.42. The number of piperidine rings is 1. The first-order valence-corrected chi connectivity index (χ1v) is 7.21. The maximum atomic E-state index is 11.1. The molecule has 3 heteroatoms.